The van der Waals surface area contributed by atoms with Crippen LogP contribution in [0.2, 0.25) is 0 Å². The van der Waals surface area contributed by atoms with E-state index >= 15 is 0 Å². The summed E-state index contributed by atoms with van der Waals surface area (Å²) < 4.78 is 30.1. The Bertz CT molecular complexity index is 1180. The fraction of sp³-hybridized carbons (Fsp3) is 0.542. The van der Waals surface area contributed by atoms with E-state index in [1.54, 1.807) is 18.7 Å². The summed E-state index contributed by atoms with van der Waals surface area (Å²) in [5.41, 5.74) is 2.58. The first-order valence-corrected chi connectivity index (χ1v) is 13.3. The molecule has 2 aliphatic rings. The molecule has 2 fully saturated rings. The third kappa shape index (κ3) is 5.02. The molecule has 0 radical (unpaired) electrons. The Labute approximate surface area is 201 Å². The van der Waals surface area contributed by atoms with Crippen LogP contribution in [-0.4, -0.2) is 65.4 Å². The van der Waals surface area contributed by atoms with E-state index in [-0.39, 0.29) is 29.8 Å². The van der Waals surface area contributed by atoms with Gasteiger partial charge in [-0.05, 0) is 64.2 Å². The minimum Gasteiger partial charge on any atom is -0.341 e. The van der Waals surface area contributed by atoms with Crippen molar-refractivity contribution in [2.24, 2.45) is 5.92 Å². The largest absolute Gasteiger partial charge is 0.341 e. The highest BCUT2D eigenvalue weighted by Gasteiger charge is 2.36. The minimum absolute atomic E-state index is 0.0315. The highest BCUT2D eigenvalue weighted by molar-refractivity contribution is 7.89. The second kappa shape index (κ2) is 9.87. The van der Waals surface area contributed by atoms with Crippen LogP contribution in [0, 0.1) is 26.7 Å². The van der Waals surface area contributed by atoms with Gasteiger partial charge < -0.3 is 10.2 Å². The van der Waals surface area contributed by atoms with E-state index in [1.165, 1.54) is 8.99 Å². The molecule has 2 aliphatic heterocycles. The average Bonchev–Trinajstić information content (AvgIpc) is 3.42. The number of amides is 2. The molecule has 4 rings (SSSR count). The van der Waals surface area contributed by atoms with Gasteiger partial charge in [-0.3, -0.25) is 14.3 Å². The van der Waals surface area contributed by atoms with Gasteiger partial charge in [-0.15, -0.1) is 0 Å². The van der Waals surface area contributed by atoms with Crippen molar-refractivity contribution in [3.05, 3.63) is 41.2 Å². The van der Waals surface area contributed by atoms with Crippen LogP contribution in [0.25, 0.3) is 0 Å². The topological polar surface area (TPSA) is 105 Å². The summed E-state index contributed by atoms with van der Waals surface area (Å²) in [6.45, 7) is 7.28. The van der Waals surface area contributed by atoms with Crippen molar-refractivity contribution in [3.63, 3.8) is 0 Å². The number of anilines is 1. The fourth-order valence-corrected chi connectivity index (χ4v) is 6.77. The third-order valence-electron chi connectivity index (χ3n) is 6.70. The van der Waals surface area contributed by atoms with Crippen molar-refractivity contribution in [2.45, 2.75) is 57.9 Å². The number of nitrogens with zero attached hydrogens (tertiary/aromatic N) is 4. The monoisotopic (exact) mass is 487 g/mol. The summed E-state index contributed by atoms with van der Waals surface area (Å²) in [6, 6.07) is 7.54. The van der Waals surface area contributed by atoms with Crippen LogP contribution in [0.5, 0.6) is 0 Å². The summed E-state index contributed by atoms with van der Waals surface area (Å²) in [6.07, 6.45) is 3.22. The quantitative estimate of drug-likeness (QED) is 0.674. The smallest absolute Gasteiger partial charge is 0.246 e. The van der Waals surface area contributed by atoms with Crippen molar-refractivity contribution < 1.29 is 18.0 Å². The van der Waals surface area contributed by atoms with Gasteiger partial charge in [0.15, 0.2) is 0 Å². The molecule has 2 aromatic rings. The van der Waals surface area contributed by atoms with E-state index in [1.807, 2.05) is 31.2 Å². The van der Waals surface area contributed by atoms with Gasteiger partial charge in [-0.25, -0.2) is 8.42 Å². The second-order valence-electron chi connectivity index (χ2n) is 9.31. The molecule has 1 unspecified atom stereocenters. The van der Waals surface area contributed by atoms with Crippen molar-refractivity contribution in [1.29, 1.82) is 0 Å². The fourth-order valence-electron chi connectivity index (χ4n) is 4.87. The van der Waals surface area contributed by atoms with E-state index < -0.39 is 15.9 Å². The van der Waals surface area contributed by atoms with Gasteiger partial charge in [0.2, 0.25) is 21.8 Å². The Morgan fingerprint density at radius 1 is 1.09 bits per heavy atom. The zero-order chi connectivity index (χ0) is 24.5. The lowest BCUT2D eigenvalue weighted by Gasteiger charge is -2.31. The van der Waals surface area contributed by atoms with E-state index in [4.69, 9.17) is 0 Å². The SMILES string of the molecule is Cc1cccc(NC(=O)C2CCCN(S(=O)(=O)c3c(C)nn(CC(=O)N4CCCC4)c3C)C2)c1. The van der Waals surface area contributed by atoms with Crippen molar-refractivity contribution >= 4 is 27.5 Å². The first-order chi connectivity index (χ1) is 16.2. The molecule has 1 atom stereocenters. The number of aryl methyl sites for hydroxylation is 2. The molecular weight excluding hydrogens is 454 g/mol. The van der Waals surface area contributed by atoms with Crippen LogP contribution in [0.1, 0.15) is 42.6 Å². The Kier molecular flexibility index (Phi) is 7.09. The van der Waals surface area contributed by atoms with Crippen LogP contribution in [0.15, 0.2) is 29.2 Å². The zero-order valence-corrected chi connectivity index (χ0v) is 20.9. The van der Waals surface area contributed by atoms with Crippen molar-refractivity contribution in [3.8, 4) is 0 Å². The molecule has 10 heteroatoms. The molecular formula is C24H33N5O4S. The first kappa shape index (κ1) is 24.4. The maximum Gasteiger partial charge on any atom is 0.246 e. The van der Waals surface area contributed by atoms with Gasteiger partial charge in [0.25, 0.3) is 0 Å². The van der Waals surface area contributed by atoms with Gasteiger partial charge in [-0.2, -0.15) is 9.40 Å². The van der Waals surface area contributed by atoms with E-state index in [0.717, 1.165) is 31.5 Å². The molecule has 1 N–H and O–H groups in total. The number of aromatic nitrogens is 2. The predicted molar refractivity (Wildman–Crippen MR) is 129 cm³/mol. The standard InChI is InChI=1S/C24H33N5O4S/c1-17-8-6-10-21(14-17)25-24(31)20-9-7-13-28(15-20)34(32,33)23-18(2)26-29(19(23)3)16-22(30)27-11-4-5-12-27/h6,8,10,14,20H,4-5,7,9,11-13,15-16H2,1-3H3,(H,25,31). The number of hydrogen-bond donors (Lipinski definition) is 1. The van der Waals surface area contributed by atoms with Crippen LogP contribution in [-0.2, 0) is 26.2 Å². The van der Waals surface area contributed by atoms with Crippen LogP contribution < -0.4 is 5.32 Å². The Balaban J connectivity index is 1.49. The summed E-state index contributed by atoms with van der Waals surface area (Å²) in [7, 11) is -3.86. The maximum absolute atomic E-state index is 13.6. The molecule has 2 amide bonds. The van der Waals surface area contributed by atoms with Crippen molar-refractivity contribution in [1.82, 2.24) is 19.0 Å². The lowest BCUT2D eigenvalue weighted by Crippen LogP contribution is -2.44. The van der Waals surface area contributed by atoms with Crippen LogP contribution in [0.4, 0.5) is 5.69 Å². The number of sulfonamides is 1. The minimum atomic E-state index is -3.86. The van der Waals surface area contributed by atoms with E-state index in [9.17, 15) is 18.0 Å². The van der Waals surface area contributed by atoms with Crippen molar-refractivity contribution in [2.75, 3.05) is 31.5 Å². The number of carbonyl (C=O) groups is 2. The summed E-state index contributed by atoms with van der Waals surface area (Å²) in [5.74, 6) is -0.653. The molecule has 0 saturated carbocycles. The first-order valence-electron chi connectivity index (χ1n) is 11.9. The number of piperidine rings is 1. The average molecular weight is 488 g/mol. The molecule has 2 saturated heterocycles. The summed E-state index contributed by atoms with van der Waals surface area (Å²) in [5, 5.41) is 7.31. The molecule has 1 aromatic heterocycles. The normalized spacial score (nSPS) is 19.4. The van der Waals surface area contributed by atoms with Gasteiger partial charge in [-0.1, -0.05) is 12.1 Å². The molecule has 9 nitrogen and oxygen atoms in total. The lowest BCUT2D eigenvalue weighted by molar-refractivity contribution is -0.131. The molecule has 34 heavy (non-hydrogen) atoms. The van der Waals surface area contributed by atoms with Gasteiger partial charge in [0, 0.05) is 31.9 Å². The highest BCUT2D eigenvalue weighted by atomic mass is 32.2. The van der Waals surface area contributed by atoms with Gasteiger partial charge >= 0.3 is 0 Å². The molecule has 3 heterocycles. The number of carbonyl (C=O) groups excluding carboxylic acids is 2. The lowest BCUT2D eigenvalue weighted by atomic mass is 9.98. The number of rotatable bonds is 6. The molecule has 0 bridgehead atoms. The number of nitrogens with one attached hydrogen (secondary N) is 1. The van der Waals surface area contributed by atoms with E-state index in [0.29, 0.717) is 36.5 Å². The molecule has 184 valence electrons. The predicted octanol–water partition coefficient (Wildman–Crippen LogP) is 2.47. The zero-order valence-electron chi connectivity index (χ0n) is 20.1. The molecule has 1 aromatic carbocycles. The van der Waals surface area contributed by atoms with Gasteiger partial charge in [0.1, 0.15) is 11.4 Å². The Morgan fingerprint density at radius 3 is 2.53 bits per heavy atom. The second-order valence-corrected chi connectivity index (χ2v) is 11.2. The molecule has 0 spiro atoms. The molecule has 0 aliphatic carbocycles. The highest BCUT2D eigenvalue weighted by Crippen LogP contribution is 2.28. The number of likely N-dealkylation sites (tertiary alicyclic amines) is 1. The van der Waals surface area contributed by atoms with Gasteiger partial charge in [0.05, 0.1) is 17.3 Å². The van der Waals surface area contributed by atoms with E-state index in [2.05, 4.69) is 10.4 Å². The van der Waals surface area contributed by atoms with Crippen LogP contribution >= 0.6 is 0 Å². The summed E-state index contributed by atoms with van der Waals surface area (Å²) >= 11 is 0. The number of hydrogen-bond acceptors (Lipinski definition) is 5. The Hall–Kier alpha value is -2.72. The summed E-state index contributed by atoms with van der Waals surface area (Å²) in [4.78, 5) is 27.4. The third-order valence-corrected chi connectivity index (χ3v) is 8.82. The maximum atomic E-state index is 13.6. The van der Waals surface area contributed by atoms with Crippen LogP contribution in [0.3, 0.4) is 0 Å². The Morgan fingerprint density at radius 2 is 1.82 bits per heavy atom. The number of benzene rings is 1.